The Morgan fingerprint density at radius 1 is 1.11 bits per heavy atom. The summed E-state index contributed by atoms with van der Waals surface area (Å²) in [5.41, 5.74) is 3.50. The maximum Gasteiger partial charge on any atom is 0.357 e. The summed E-state index contributed by atoms with van der Waals surface area (Å²) in [6.07, 6.45) is 1.05. The number of para-hydroxylation sites is 1. The predicted molar refractivity (Wildman–Crippen MR) is 110 cm³/mol. The summed E-state index contributed by atoms with van der Waals surface area (Å²) in [5.74, 6) is -0.193. The Kier molecular flexibility index (Phi) is 5.93. The first-order valence-electron chi connectivity index (χ1n) is 9.59. The van der Waals surface area contributed by atoms with E-state index in [2.05, 4.69) is 23.4 Å². The Morgan fingerprint density at radius 3 is 2.61 bits per heavy atom. The lowest BCUT2D eigenvalue weighted by molar-refractivity contribution is 0.0469. The lowest BCUT2D eigenvalue weighted by Crippen LogP contribution is -2.16. The van der Waals surface area contributed by atoms with E-state index in [0.717, 1.165) is 35.3 Å². The van der Waals surface area contributed by atoms with Crippen LogP contribution in [-0.4, -0.2) is 27.9 Å². The van der Waals surface area contributed by atoms with Gasteiger partial charge in [-0.2, -0.15) is 0 Å². The SMILES string of the molecule is Cc1cc(C(=O)COC(=O)c2ccc3ccccc3n2)c(C)n1CCC(C)C. The number of Topliss-reactive ketones (excluding diaryl/α,β-unsaturated/α-hetero) is 1. The number of benzene rings is 1. The predicted octanol–water partition coefficient (Wildman–Crippen LogP) is 4.74. The van der Waals surface area contributed by atoms with E-state index in [4.69, 9.17) is 4.74 Å². The summed E-state index contributed by atoms with van der Waals surface area (Å²) in [5, 5.41) is 0.948. The molecule has 5 heteroatoms. The minimum atomic E-state index is -0.590. The summed E-state index contributed by atoms with van der Waals surface area (Å²) >= 11 is 0. The molecule has 0 aliphatic rings. The maximum absolute atomic E-state index is 12.6. The molecule has 146 valence electrons. The van der Waals surface area contributed by atoms with Crippen molar-refractivity contribution < 1.29 is 14.3 Å². The van der Waals surface area contributed by atoms with E-state index in [0.29, 0.717) is 11.5 Å². The average molecular weight is 378 g/mol. The standard InChI is InChI=1S/C23H26N2O3/c1-15(2)11-12-25-16(3)13-19(17(25)4)22(26)14-28-23(27)21-10-9-18-7-5-6-8-20(18)24-21/h5-10,13,15H,11-12,14H2,1-4H3. The second-order valence-electron chi connectivity index (χ2n) is 7.51. The molecule has 0 bridgehead atoms. The van der Waals surface area contributed by atoms with Crippen molar-refractivity contribution in [2.45, 2.75) is 40.7 Å². The molecule has 0 radical (unpaired) electrons. The molecule has 28 heavy (non-hydrogen) atoms. The van der Waals surface area contributed by atoms with Gasteiger partial charge in [0.25, 0.3) is 0 Å². The summed E-state index contributed by atoms with van der Waals surface area (Å²) in [7, 11) is 0. The third-order valence-corrected chi connectivity index (χ3v) is 4.95. The number of fused-ring (bicyclic) bond motifs is 1. The molecule has 3 rings (SSSR count). The minimum absolute atomic E-state index is 0.196. The van der Waals surface area contributed by atoms with Gasteiger partial charge in [0.2, 0.25) is 5.78 Å². The highest BCUT2D eigenvalue weighted by molar-refractivity contribution is 6.00. The van der Waals surface area contributed by atoms with E-state index in [9.17, 15) is 9.59 Å². The van der Waals surface area contributed by atoms with Crippen LogP contribution >= 0.6 is 0 Å². The van der Waals surface area contributed by atoms with Gasteiger partial charge in [-0.15, -0.1) is 0 Å². The Hall–Kier alpha value is -2.95. The summed E-state index contributed by atoms with van der Waals surface area (Å²) in [6.45, 7) is 8.88. The van der Waals surface area contributed by atoms with Crippen LogP contribution in [0, 0.1) is 19.8 Å². The first-order valence-corrected chi connectivity index (χ1v) is 9.59. The number of hydrogen-bond donors (Lipinski definition) is 0. The Morgan fingerprint density at radius 2 is 1.86 bits per heavy atom. The van der Waals surface area contributed by atoms with E-state index in [1.165, 1.54) is 0 Å². The molecule has 0 N–H and O–H groups in total. The van der Waals surface area contributed by atoms with Gasteiger partial charge in [-0.1, -0.05) is 38.1 Å². The maximum atomic E-state index is 12.6. The van der Waals surface area contributed by atoms with Gasteiger partial charge < -0.3 is 9.30 Å². The van der Waals surface area contributed by atoms with E-state index in [1.54, 1.807) is 6.07 Å². The van der Waals surface area contributed by atoms with Crippen molar-refractivity contribution in [2.75, 3.05) is 6.61 Å². The first kappa shape index (κ1) is 19.8. The number of ketones is 1. The van der Waals surface area contributed by atoms with Gasteiger partial charge in [0.15, 0.2) is 6.61 Å². The molecule has 0 unspecified atom stereocenters. The van der Waals surface area contributed by atoms with Gasteiger partial charge in [0.1, 0.15) is 5.69 Å². The molecule has 0 saturated carbocycles. The van der Waals surface area contributed by atoms with E-state index >= 15 is 0 Å². The molecule has 5 nitrogen and oxygen atoms in total. The molecule has 2 heterocycles. The van der Waals surface area contributed by atoms with Gasteiger partial charge in [-0.25, -0.2) is 9.78 Å². The van der Waals surface area contributed by atoms with Crippen molar-refractivity contribution in [1.82, 2.24) is 9.55 Å². The quantitative estimate of drug-likeness (QED) is 0.440. The van der Waals surface area contributed by atoms with E-state index in [-0.39, 0.29) is 18.1 Å². The van der Waals surface area contributed by atoms with Crippen molar-refractivity contribution in [1.29, 1.82) is 0 Å². The Bertz CT molecular complexity index is 1020. The van der Waals surface area contributed by atoms with Crippen LogP contribution in [0.25, 0.3) is 10.9 Å². The second-order valence-corrected chi connectivity index (χ2v) is 7.51. The minimum Gasteiger partial charge on any atom is -0.453 e. The molecule has 0 spiro atoms. The van der Waals surface area contributed by atoms with Gasteiger partial charge in [-0.05, 0) is 44.4 Å². The largest absolute Gasteiger partial charge is 0.453 e. The Balaban J connectivity index is 1.67. The van der Waals surface area contributed by atoms with Crippen molar-refractivity contribution in [3.8, 4) is 0 Å². The molecule has 0 fully saturated rings. The van der Waals surface area contributed by atoms with Crippen LogP contribution in [0.4, 0.5) is 0 Å². The number of pyridine rings is 1. The van der Waals surface area contributed by atoms with E-state index in [1.807, 2.05) is 50.2 Å². The summed E-state index contributed by atoms with van der Waals surface area (Å²) < 4.78 is 7.39. The molecular weight excluding hydrogens is 352 g/mol. The smallest absolute Gasteiger partial charge is 0.357 e. The fourth-order valence-electron chi connectivity index (χ4n) is 3.28. The van der Waals surface area contributed by atoms with Crippen molar-refractivity contribution in [2.24, 2.45) is 5.92 Å². The van der Waals surface area contributed by atoms with Crippen molar-refractivity contribution in [3.05, 3.63) is 65.1 Å². The fourth-order valence-corrected chi connectivity index (χ4v) is 3.28. The molecule has 0 amide bonds. The van der Waals surface area contributed by atoms with Gasteiger partial charge in [0.05, 0.1) is 5.52 Å². The van der Waals surface area contributed by atoms with Crippen molar-refractivity contribution >= 4 is 22.7 Å². The normalized spacial score (nSPS) is 11.2. The number of aromatic nitrogens is 2. The topological polar surface area (TPSA) is 61.2 Å². The molecule has 0 aliphatic heterocycles. The molecule has 2 aromatic heterocycles. The molecule has 3 aromatic rings. The Labute approximate surface area is 165 Å². The van der Waals surface area contributed by atoms with Gasteiger partial charge in [-0.3, -0.25) is 4.79 Å². The average Bonchev–Trinajstić information content (AvgIpc) is 2.97. The third kappa shape index (κ3) is 4.30. The molecule has 0 saturated heterocycles. The van der Waals surface area contributed by atoms with Crippen LogP contribution < -0.4 is 0 Å². The number of nitrogens with zero attached hydrogens (tertiary/aromatic N) is 2. The highest BCUT2D eigenvalue weighted by Crippen LogP contribution is 2.18. The third-order valence-electron chi connectivity index (χ3n) is 4.95. The van der Waals surface area contributed by atoms with E-state index < -0.39 is 5.97 Å². The van der Waals surface area contributed by atoms with Crippen LogP contribution in [0.3, 0.4) is 0 Å². The zero-order valence-electron chi connectivity index (χ0n) is 16.9. The van der Waals surface area contributed by atoms with Crippen LogP contribution in [0.15, 0.2) is 42.5 Å². The lowest BCUT2D eigenvalue weighted by Gasteiger charge is -2.11. The number of aryl methyl sites for hydroxylation is 1. The summed E-state index contributed by atoms with van der Waals surface area (Å²) in [4.78, 5) is 29.2. The number of carbonyl (C=O) groups excluding carboxylic acids is 2. The van der Waals surface area contributed by atoms with Gasteiger partial charge >= 0.3 is 5.97 Å². The number of esters is 1. The fraction of sp³-hybridized carbons (Fsp3) is 0.348. The molecule has 1 aromatic carbocycles. The summed E-state index contributed by atoms with van der Waals surface area (Å²) in [6, 6.07) is 12.9. The highest BCUT2D eigenvalue weighted by atomic mass is 16.5. The first-order chi connectivity index (χ1) is 13.4. The second kappa shape index (κ2) is 8.38. The number of ether oxygens (including phenoxy) is 1. The van der Waals surface area contributed by atoms with Crippen molar-refractivity contribution in [3.63, 3.8) is 0 Å². The van der Waals surface area contributed by atoms with Crippen LogP contribution in [0.2, 0.25) is 0 Å². The molecule has 0 aliphatic carbocycles. The van der Waals surface area contributed by atoms with Crippen LogP contribution in [0.1, 0.15) is 52.5 Å². The van der Waals surface area contributed by atoms with Gasteiger partial charge in [0, 0.05) is 28.9 Å². The monoisotopic (exact) mass is 378 g/mol. The molecule has 0 atom stereocenters. The van der Waals surface area contributed by atoms with Crippen LogP contribution in [0.5, 0.6) is 0 Å². The number of hydrogen-bond acceptors (Lipinski definition) is 4. The lowest BCUT2D eigenvalue weighted by atomic mass is 10.1. The zero-order valence-corrected chi connectivity index (χ0v) is 16.9. The highest BCUT2D eigenvalue weighted by Gasteiger charge is 2.18. The number of carbonyl (C=O) groups is 2. The zero-order chi connectivity index (χ0) is 20.3. The number of rotatable bonds is 7. The van der Waals surface area contributed by atoms with Crippen LogP contribution in [-0.2, 0) is 11.3 Å². The molecular formula is C23H26N2O3.